The SMILES string of the molecule is CCOc1cc(/C=C(\C#N)c2ccc([N+](=O)[O-])cc2)ccc1O[C@H](C)C(=O)N(C)C. The van der Waals surface area contributed by atoms with E-state index in [1.54, 1.807) is 45.3 Å². The van der Waals surface area contributed by atoms with E-state index in [0.717, 1.165) is 0 Å². The molecule has 0 aliphatic rings. The molecular weight excluding hydrogens is 386 g/mol. The quantitative estimate of drug-likeness (QED) is 0.283. The number of non-ortho nitro benzene ring substituents is 1. The van der Waals surface area contributed by atoms with Crippen LogP contribution in [0.2, 0.25) is 0 Å². The topological polar surface area (TPSA) is 106 Å². The third kappa shape index (κ3) is 5.58. The molecule has 2 aromatic rings. The third-order valence-corrected chi connectivity index (χ3v) is 4.18. The summed E-state index contributed by atoms with van der Waals surface area (Å²) < 4.78 is 11.4. The lowest BCUT2D eigenvalue weighted by Gasteiger charge is -2.20. The Balaban J connectivity index is 2.34. The Morgan fingerprint density at radius 1 is 1.23 bits per heavy atom. The normalized spacial score (nSPS) is 11.9. The second kappa shape index (κ2) is 10.1. The zero-order valence-electron chi connectivity index (χ0n) is 17.3. The van der Waals surface area contributed by atoms with Crippen LogP contribution in [0.4, 0.5) is 5.69 Å². The van der Waals surface area contributed by atoms with Gasteiger partial charge < -0.3 is 14.4 Å². The summed E-state index contributed by atoms with van der Waals surface area (Å²) in [7, 11) is 3.31. The lowest BCUT2D eigenvalue weighted by molar-refractivity contribution is -0.384. The molecule has 30 heavy (non-hydrogen) atoms. The number of carbonyl (C=O) groups is 1. The summed E-state index contributed by atoms with van der Waals surface area (Å²) in [4.78, 5) is 23.8. The monoisotopic (exact) mass is 409 g/mol. The van der Waals surface area contributed by atoms with Crippen molar-refractivity contribution in [2.24, 2.45) is 0 Å². The maximum Gasteiger partial charge on any atom is 0.269 e. The molecule has 0 unspecified atom stereocenters. The number of carbonyl (C=O) groups excluding carboxylic acids is 1. The summed E-state index contributed by atoms with van der Waals surface area (Å²) in [6, 6.07) is 13.0. The van der Waals surface area contributed by atoms with Crippen LogP contribution in [0.5, 0.6) is 11.5 Å². The zero-order valence-corrected chi connectivity index (χ0v) is 17.3. The van der Waals surface area contributed by atoms with Crippen molar-refractivity contribution in [1.82, 2.24) is 4.90 Å². The van der Waals surface area contributed by atoms with Gasteiger partial charge in [0.1, 0.15) is 0 Å². The molecule has 0 spiro atoms. The number of hydrogen-bond acceptors (Lipinski definition) is 6. The van der Waals surface area contributed by atoms with Crippen LogP contribution in [-0.2, 0) is 4.79 Å². The van der Waals surface area contributed by atoms with E-state index < -0.39 is 11.0 Å². The van der Waals surface area contributed by atoms with Crippen LogP contribution in [0.15, 0.2) is 42.5 Å². The minimum Gasteiger partial charge on any atom is -0.490 e. The highest BCUT2D eigenvalue weighted by molar-refractivity contribution is 5.90. The number of benzene rings is 2. The van der Waals surface area contributed by atoms with Crippen molar-refractivity contribution in [3.63, 3.8) is 0 Å². The van der Waals surface area contributed by atoms with E-state index in [4.69, 9.17) is 9.47 Å². The number of nitro benzene ring substituents is 1. The molecule has 1 atom stereocenters. The average molecular weight is 409 g/mol. The largest absolute Gasteiger partial charge is 0.490 e. The molecule has 2 aromatic carbocycles. The summed E-state index contributed by atoms with van der Waals surface area (Å²) >= 11 is 0. The highest BCUT2D eigenvalue weighted by Crippen LogP contribution is 2.31. The van der Waals surface area contributed by atoms with Crippen molar-refractivity contribution < 1.29 is 19.2 Å². The number of nitrogens with zero attached hydrogens (tertiary/aromatic N) is 3. The summed E-state index contributed by atoms with van der Waals surface area (Å²) in [6.07, 6.45) is 0.970. The predicted molar refractivity (Wildman–Crippen MR) is 113 cm³/mol. The van der Waals surface area contributed by atoms with E-state index in [1.807, 2.05) is 6.92 Å². The number of rotatable bonds is 8. The Morgan fingerprint density at radius 3 is 2.43 bits per heavy atom. The number of hydrogen-bond donors (Lipinski definition) is 0. The van der Waals surface area contributed by atoms with Gasteiger partial charge in [0.25, 0.3) is 11.6 Å². The van der Waals surface area contributed by atoms with Gasteiger partial charge in [-0.25, -0.2) is 0 Å². The lowest BCUT2D eigenvalue weighted by Crippen LogP contribution is -2.35. The second-order valence-corrected chi connectivity index (χ2v) is 6.61. The van der Waals surface area contributed by atoms with Gasteiger partial charge in [-0.05, 0) is 55.3 Å². The van der Waals surface area contributed by atoms with Gasteiger partial charge >= 0.3 is 0 Å². The van der Waals surface area contributed by atoms with Gasteiger partial charge in [0.2, 0.25) is 0 Å². The Kier molecular flexibility index (Phi) is 7.53. The minimum atomic E-state index is -0.685. The summed E-state index contributed by atoms with van der Waals surface area (Å²) in [6.45, 7) is 3.89. The zero-order chi connectivity index (χ0) is 22.3. The molecule has 0 fully saturated rings. The Labute approximate surface area is 175 Å². The molecule has 0 radical (unpaired) electrons. The van der Waals surface area contributed by atoms with Crippen molar-refractivity contribution >= 4 is 23.2 Å². The predicted octanol–water partition coefficient (Wildman–Crippen LogP) is 3.91. The van der Waals surface area contributed by atoms with Gasteiger partial charge in [0.15, 0.2) is 17.6 Å². The van der Waals surface area contributed by atoms with E-state index in [2.05, 4.69) is 6.07 Å². The minimum absolute atomic E-state index is 0.0439. The molecule has 0 aliphatic carbocycles. The number of amides is 1. The van der Waals surface area contributed by atoms with Crippen molar-refractivity contribution in [2.75, 3.05) is 20.7 Å². The first kappa shape index (κ1) is 22.4. The molecule has 0 aromatic heterocycles. The van der Waals surface area contributed by atoms with E-state index in [9.17, 15) is 20.2 Å². The molecule has 2 rings (SSSR count). The van der Waals surface area contributed by atoms with Gasteiger partial charge in [-0.15, -0.1) is 0 Å². The fraction of sp³-hybridized carbons (Fsp3) is 0.273. The van der Waals surface area contributed by atoms with Crippen LogP contribution >= 0.6 is 0 Å². The van der Waals surface area contributed by atoms with E-state index >= 15 is 0 Å². The highest BCUT2D eigenvalue weighted by atomic mass is 16.6. The first-order chi connectivity index (χ1) is 14.3. The van der Waals surface area contributed by atoms with Crippen molar-refractivity contribution in [3.05, 3.63) is 63.7 Å². The summed E-state index contributed by atoms with van der Waals surface area (Å²) in [5.41, 5.74) is 1.55. The maximum absolute atomic E-state index is 12.1. The van der Waals surface area contributed by atoms with Crippen LogP contribution in [0, 0.1) is 21.4 Å². The van der Waals surface area contributed by atoms with Crippen LogP contribution in [0.3, 0.4) is 0 Å². The number of likely N-dealkylation sites (N-methyl/N-ethyl adjacent to an activating group) is 1. The molecule has 0 heterocycles. The van der Waals surface area contributed by atoms with Crippen LogP contribution < -0.4 is 9.47 Å². The number of allylic oxidation sites excluding steroid dienone is 1. The first-order valence-electron chi connectivity index (χ1n) is 9.28. The van der Waals surface area contributed by atoms with E-state index in [-0.39, 0.29) is 11.6 Å². The maximum atomic E-state index is 12.1. The van der Waals surface area contributed by atoms with Gasteiger partial charge in [-0.2, -0.15) is 5.26 Å². The van der Waals surface area contributed by atoms with Gasteiger partial charge in [-0.3, -0.25) is 14.9 Å². The Bertz CT molecular complexity index is 991. The van der Waals surface area contributed by atoms with Gasteiger partial charge in [0.05, 0.1) is 23.2 Å². The van der Waals surface area contributed by atoms with Crippen LogP contribution in [-0.4, -0.2) is 42.5 Å². The molecular formula is C22H23N3O5. The molecule has 0 saturated carbocycles. The molecule has 0 bridgehead atoms. The molecule has 1 amide bonds. The lowest BCUT2D eigenvalue weighted by atomic mass is 10.0. The fourth-order valence-electron chi connectivity index (χ4n) is 2.69. The standard InChI is InChI=1S/C22H23N3O5/c1-5-29-21-13-16(6-11-20(21)30-15(2)22(26)24(3)4)12-18(14-23)17-7-9-19(10-8-17)25(27)28/h6-13,15H,5H2,1-4H3/b18-12+/t15-/m1/s1. The third-order valence-electron chi connectivity index (χ3n) is 4.18. The Hall–Kier alpha value is -3.86. The fourth-order valence-corrected chi connectivity index (χ4v) is 2.69. The molecule has 0 N–H and O–H groups in total. The number of nitriles is 1. The van der Waals surface area contributed by atoms with E-state index in [0.29, 0.717) is 34.8 Å². The molecule has 0 saturated heterocycles. The van der Waals surface area contributed by atoms with Crippen molar-refractivity contribution in [3.8, 4) is 17.6 Å². The van der Waals surface area contributed by atoms with Crippen molar-refractivity contribution in [2.45, 2.75) is 20.0 Å². The van der Waals surface area contributed by atoms with Gasteiger partial charge in [-0.1, -0.05) is 6.07 Å². The van der Waals surface area contributed by atoms with Gasteiger partial charge in [0, 0.05) is 26.2 Å². The molecule has 0 aliphatic heterocycles. The first-order valence-corrected chi connectivity index (χ1v) is 9.28. The summed E-state index contributed by atoms with van der Waals surface area (Å²) in [5, 5.41) is 20.3. The average Bonchev–Trinajstić information content (AvgIpc) is 2.73. The molecule has 156 valence electrons. The van der Waals surface area contributed by atoms with E-state index in [1.165, 1.54) is 29.2 Å². The Morgan fingerprint density at radius 2 is 1.90 bits per heavy atom. The van der Waals surface area contributed by atoms with Crippen LogP contribution in [0.1, 0.15) is 25.0 Å². The van der Waals surface area contributed by atoms with Crippen LogP contribution in [0.25, 0.3) is 11.6 Å². The molecule has 8 nitrogen and oxygen atoms in total. The highest BCUT2D eigenvalue weighted by Gasteiger charge is 2.19. The smallest absolute Gasteiger partial charge is 0.269 e. The number of nitro groups is 1. The molecule has 8 heteroatoms. The second-order valence-electron chi connectivity index (χ2n) is 6.61. The number of ether oxygens (including phenoxy) is 2. The summed E-state index contributed by atoms with van der Waals surface area (Å²) in [5.74, 6) is 0.697. The van der Waals surface area contributed by atoms with Crippen molar-refractivity contribution in [1.29, 1.82) is 5.26 Å².